The van der Waals surface area contributed by atoms with E-state index in [0.29, 0.717) is 30.0 Å². The van der Waals surface area contributed by atoms with Gasteiger partial charge in [0.05, 0.1) is 44.9 Å². The first-order valence-electron chi connectivity index (χ1n) is 12.7. The van der Waals surface area contributed by atoms with Crippen LogP contribution in [0, 0.1) is 0 Å². The van der Waals surface area contributed by atoms with Crippen LogP contribution in [-0.4, -0.2) is 62.4 Å². The third-order valence-electron chi connectivity index (χ3n) is 6.96. The molecule has 0 amide bonds. The summed E-state index contributed by atoms with van der Waals surface area (Å²) in [4.78, 5) is 30.3. The highest BCUT2D eigenvalue weighted by atomic mass is 35.5. The Labute approximate surface area is 249 Å². The summed E-state index contributed by atoms with van der Waals surface area (Å²) in [6.07, 6.45) is -2.93. The molecule has 17 heteroatoms. The van der Waals surface area contributed by atoms with Crippen molar-refractivity contribution in [2.75, 3.05) is 25.1 Å². The molecule has 3 aromatic rings. The molecular weight excluding hydrogens is 644 g/mol. The molecule has 230 valence electrons. The molecule has 0 unspecified atom stereocenters. The second kappa shape index (κ2) is 11.9. The standard InChI is InChI=1S/C25H27Cl2F3N4O6S2/c1-3-42(39,40)20-7-6-15(26)9-14(20)11-34-23(35)17-10-19(25(28,29)30)18(21(27)22(17)31-24(34)36)13-33-8-4-5-16(12-33)32-41(2,37)38/h6-7,9-10,16,32H,3-5,8,11-13H2,1-2H3,(H,31,36)/t16-/m0/s1. The summed E-state index contributed by atoms with van der Waals surface area (Å²) in [5.74, 6) is -0.278. The molecule has 1 aliphatic heterocycles. The van der Waals surface area contributed by atoms with Gasteiger partial charge in [0.25, 0.3) is 5.56 Å². The summed E-state index contributed by atoms with van der Waals surface area (Å²) in [6, 6.07) is 3.94. The van der Waals surface area contributed by atoms with E-state index in [1.54, 1.807) is 4.90 Å². The molecular formula is C25H27Cl2F3N4O6S2. The zero-order chi connectivity index (χ0) is 31.2. The number of piperidine rings is 1. The molecule has 0 bridgehead atoms. The van der Waals surface area contributed by atoms with Crippen LogP contribution in [0.5, 0.6) is 0 Å². The molecule has 1 aromatic heterocycles. The van der Waals surface area contributed by atoms with Gasteiger partial charge in [0.15, 0.2) is 9.84 Å². The highest BCUT2D eigenvalue weighted by Crippen LogP contribution is 2.39. The number of hydrogen-bond donors (Lipinski definition) is 2. The Morgan fingerprint density at radius 3 is 2.40 bits per heavy atom. The third-order valence-corrected chi connectivity index (χ3v) is 10.2. The van der Waals surface area contributed by atoms with Crippen molar-refractivity contribution in [2.45, 2.75) is 50.0 Å². The van der Waals surface area contributed by atoms with Gasteiger partial charge in [-0.05, 0) is 54.8 Å². The summed E-state index contributed by atoms with van der Waals surface area (Å²) >= 11 is 12.5. The lowest BCUT2D eigenvalue weighted by molar-refractivity contribution is -0.138. The van der Waals surface area contributed by atoms with Gasteiger partial charge in [-0.1, -0.05) is 30.1 Å². The van der Waals surface area contributed by atoms with Gasteiger partial charge >= 0.3 is 11.9 Å². The highest BCUT2D eigenvalue weighted by molar-refractivity contribution is 7.91. The van der Waals surface area contributed by atoms with Crippen molar-refractivity contribution in [3.05, 3.63) is 71.8 Å². The summed E-state index contributed by atoms with van der Waals surface area (Å²) in [7, 11) is -7.34. The van der Waals surface area contributed by atoms with Gasteiger partial charge in [0.2, 0.25) is 10.0 Å². The van der Waals surface area contributed by atoms with E-state index >= 15 is 0 Å². The van der Waals surface area contributed by atoms with Crippen molar-refractivity contribution < 1.29 is 30.0 Å². The third kappa shape index (κ3) is 7.03. The molecule has 0 radical (unpaired) electrons. The number of aromatic nitrogens is 2. The van der Waals surface area contributed by atoms with Crippen LogP contribution in [0.15, 0.2) is 38.8 Å². The predicted octanol–water partition coefficient (Wildman–Crippen LogP) is 3.37. The van der Waals surface area contributed by atoms with Crippen LogP contribution in [0.1, 0.15) is 36.5 Å². The summed E-state index contributed by atoms with van der Waals surface area (Å²) in [5.41, 5.74) is -3.99. The van der Waals surface area contributed by atoms with Crippen LogP contribution in [0.3, 0.4) is 0 Å². The maximum Gasteiger partial charge on any atom is 0.416 e. The van der Waals surface area contributed by atoms with E-state index in [0.717, 1.165) is 6.26 Å². The molecule has 2 aromatic carbocycles. The van der Waals surface area contributed by atoms with Gasteiger partial charge in [-0.25, -0.2) is 26.4 Å². The van der Waals surface area contributed by atoms with E-state index in [1.165, 1.54) is 25.1 Å². The fourth-order valence-electron chi connectivity index (χ4n) is 5.07. The van der Waals surface area contributed by atoms with E-state index in [4.69, 9.17) is 23.2 Å². The largest absolute Gasteiger partial charge is 0.416 e. The Balaban J connectivity index is 1.83. The summed E-state index contributed by atoms with van der Waals surface area (Å²) in [6.45, 7) is 1.00. The highest BCUT2D eigenvalue weighted by Gasteiger charge is 2.37. The first-order chi connectivity index (χ1) is 19.4. The van der Waals surface area contributed by atoms with Crippen LogP contribution in [-0.2, 0) is 39.1 Å². The number of sulfonamides is 1. The van der Waals surface area contributed by atoms with Crippen molar-refractivity contribution in [1.82, 2.24) is 19.2 Å². The molecule has 4 rings (SSSR count). The van der Waals surface area contributed by atoms with Crippen molar-refractivity contribution in [3.8, 4) is 0 Å². The lowest BCUT2D eigenvalue weighted by Gasteiger charge is -2.33. The number of nitrogens with zero attached hydrogens (tertiary/aromatic N) is 2. The number of likely N-dealkylation sites (tertiary alicyclic amines) is 1. The van der Waals surface area contributed by atoms with Gasteiger partial charge in [0, 0.05) is 24.2 Å². The molecule has 1 fully saturated rings. The molecule has 1 atom stereocenters. The van der Waals surface area contributed by atoms with Crippen molar-refractivity contribution >= 4 is 54.0 Å². The summed E-state index contributed by atoms with van der Waals surface area (Å²) in [5, 5.41) is -0.867. The number of hydrogen-bond acceptors (Lipinski definition) is 7. The van der Waals surface area contributed by atoms with E-state index in [2.05, 4.69) is 9.71 Å². The van der Waals surface area contributed by atoms with E-state index in [1.807, 2.05) is 0 Å². The average Bonchev–Trinajstić information content (AvgIpc) is 2.87. The minimum atomic E-state index is -4.93. The second-order valence-corrected chi connectivity index (χ2v) is 14.9. The molecule has 0 aliphatic carbocycles. The zero-order valence-corrected chi connectivity index (χ0v) is 25.5. The van der Waals surface area contributed by atoms with Gasteiger partial charge in [-0.3, -0.25) is 14.3 Å². The topological polar surface area (TPSA) is 138 Å². The maximum absolute atomic E-state index is 14.3. The molecule has 1 saturated heterocycles. The number of rotatable bonds is 8. The lowest BCUT2D eigenvalue weighted by atomic mass is 10.0. The van der Waals surface area contributed by atoms with Gasteiger partial charge < -0.3 is 4.98 Å². The average molecular weight is 672 g/mol. The fraction of sp³-hybridized carbons (Fsp3) is 0.440. The number of aromatic amines is 1. The number of halogens is 5. The van der Waals surface area contributed by atoms with Crippen molar-refractivity contribution in [2.24, 2.45) is 0 Å². The van der Waals surface area contributed by atoms with Gasteiger partial charge in [-0.2, -0.15) is 13.2 Å². The molecule has 42 heavy (non-hydrogen) atoms. The number of H-pyrrole nitrogens is 1. The van der Waals surface area contributed by atoms with Crippen LogP contribution in [0.25, 0.3) is 10.9 Å². The van der Waals surface area contributed by atoms with E-state index in [9.17, 15) is 39.6 Å². The lowest BCUT2D eigenvalue weighted by Crippen LogP contribution is -2.47. The van der Waals surface area contributed by atoms with Crippen LogP contribution >= 0.6 is 23.2 Å². The Morgan fingerprint density at radius 1 is 1.10 bits per heavy atom. The van der Waals surface area contributed by atoms with Gasteiger partial charge in [-0.15, -0.1) is 0 Å². The number of alkyl halides is 3. The zero-order valence-electron chi connectivity index (χ0n) is 22.4. The van der Waals surface area contributed by atoms with Crippen LogP contribution in [0.2, 0.25) is 10.0 Å². The number of fused-ring (bicyclic) bond motifs is 1. The SMILES string of the molecule is CCS(=O)(=O)c1ccc(Cl)cc1Cn1c(=O)[nH]c2c(Cl)c(CN3CCC[C@H](NS(C)(=O)=O)C3)c(C(F)(F)F)cc2c1=O. The van der Waals surface area contributed by atoms with E-state index < -0.39 is 65.8 Å². The number of benzene rings is 2. The van der Waals surface area contributed by atoms with Crippen LogP contribution in [0.4, 0.5) is 13.2 Å². The van der Waals surface area contributed by atoms with Crippen molar-refractivity contribution in [1.29, 1.82) is 0 Å². The number of sulfone groups is 1. The smallest absolute Gasteiger partial charge is 0.305 e. The first kappa shape index (κ1) is 32.5. The molecule has 0 saturated carbocycles. The minimum absolute atomic E-state index is 0.0115. The Morgan fingerprint density at radius 2 is 1.79 bits per heavy atom. The number of nitrogens with one attached hydrogen (secondary N) is 2. The van der Waals surface area contributed by atoms with Crippen LogP contribution < -0.4 is 16.0 Å². The Hall–Kier alpha value is -2.43. The molecule has 2 N–H and O–H groups in total. The first-order valence-corrected chi connectivity index (χ1v) is 17.0. The predicted molar refractivity (Wildman–Crippen MR) is 153 cm³/mol. The summed E-state index contributed by atoms with van der Waals surface area (Å²) < 4.78 is 94.5. The van der Waals surface area contributed by atoms with Crippen molar-refractivity contribution in [3.63, 3.8) is 0 Å². The second-order valence-electron chi connectivity index (χ2n) is 10.1. The Bertz CT molecular complexity index is 1880. The maximum atomic E-state index is 14.3. The van der Waals surface area contributed by atoms with Gasteiger partial charge in [0.1, 0.15) is 0 Å². The van der Waals surface area contributed by atoms with E-state index in [-0.39, 0.29) is 45.4 Å². The molecule has 2 heterocycles. The fourth-order valence-corrected chi connectivity index (χ4v) is 7.48. The monoisotopic (exact) mass is 670 g/mol. The molecule has 1 aliphatic rings. The minimum Gasteiger partial charge on any atom is -0.305 e. The normalized spacial score (nSPS) is 17.2. The molecule has 10 nitrogen and oxygen atoms in total. The quantitative estimate of drug-likeness (QED) is 0.375. The molecule has 0 spiro atoms. The Kier molecular flexibility index (Phi) is 9.22.